The second-order valence-corrected chi connectivity index (χ2v) is 6.35. The van der Waals surface area contributed by atoms with Crippen LogP contribution in [0.4, 0.5) is 0 Å². The average Bonchev–Trinajstić information content (AvgIpc) is 2.53. The molecule has 1 atom stereocenters. The van der Waals surface area contributed by atoms with Crippen molar-refractivity contribution in [3.63, 3.8) is 0 Å². The zero-order chi connectivity index (χ0) is 16.8. The summed E-state index contributed by atoms with van der Waals surface area (Å²) in [6, 6.07) is 5.14. The lowest BCUT2D eigenvalue weighted by Gasteiger charge is -2.30. The zero-order valence-electron chi connectivity index (χ0n) is 13.5. The first-order valence-corrected chi connectivity index (χ1v) is 8.16. The number of piperidine rings is 1. The number of esters is 1. The Kier molecular flexibility index (Phi) is 6.28. The maximum absolute atomic E-state index is 12.0. The van der Waals surface area contributed by atoms with E-state index in [1.165, 1.54) is 0 Å². The molecule has 126 valence electrons. The van der Waals surface area contributed by atoms with Crippen molar-refractivity contribution in [1.29, 1.82) is 0 Å². The maximum Gasteiger partial charge on any atom is 0.344 e. The largest absolute Gasteiger partial charge is 0.482 e. The number of rotatable bonds is 5. The van der Waals surface area contributed by atoms with Crippen molar-refractivity contribution in [1.82, 2.24) is 4.90 Å². The number of nitrogens with zero attached hydrogens (tertiary/aromatic N) is 1. The van der Waals surface area contributed by atoms with Crippen LogP contribution in [-0.4, -0.2) is 43.1 Å². The number of carbonyl (C=O) groups excluding carboxylic acids is 2. The van der Waals surface area contributed by atoms with Crippen molar-refractivity contribution < 1.29 is 19.1 Å². The lowest BCUT2D eigenvalue weighted by atomic mass is 10.0. The van der Waals surface area contributed by atoms with Gasteiger partial charge in [0.05, 0.1) is 0 Å². The summed E-state index contributed by atoms with van der Waals surface area (Å²) in [5.41, 5.74) is 0.868. The molecule has 0 spiro atoms. The smallest absolute Gasteiger partial charge is 0.344 e. The van der Waals surface area contributed by atoms with Crippen LogP contribution < -0.4 is 4.74 Å². The van der Waals surface area contributed by atoms with E-state index in [1.54, 1.807) is 23.1 Å². The lowest BCUT2D eigenvalue weighted by Crippen LogP contribution is -2.41. The molecule has 1 amide bonds. The fourth-order valence-electron chi connectivity index (χ4n) is 2.54. The normalized spacial score (nSPS) is 17.7. The number of benzene rings is 1. The van der Waals surface area contributed by atoms with Gasteiger partial charge >= 0.3 is 5.97 Å². The van der Waals surface area contributed by atoms with Gasteiger partial charge in [-0.05, 0) is 49.4 Å². The summed E-state index contributed by atoms with van der Waals surface area (Å²) < 4.78 is 10.3. The number of hydrogen-bond donors (Lipinski definition) is 0. The van der Waals surface area contributed by atoms with E-state index in [1.807, 2.05) is 6.92 Å². The Hall–Kier alpha value is -1.75. The molecule has 1 unspecified atom stereocenters. The summed E-state index contributed by atoms with van der Waals surface area (Å²) >= 11 is 5.92. The molecule has 0 radical (unpaired) electrons. The van der Waals surface area contributed by atoms with Gasteiger partial charge < -0.3 is 14.4 Å². The molecule has 0 aliphatic carbocycles. The van der Waals surface area contributed by atoms with Crippen molar-refractivity contribution in [2.45, 2.75) is 26.7 Å². The quantitative estimate of drug-likeness (QED) is 0.774. The number of likely N-dealkylation sites (tertiary alicyclic amines) is 1. The van der Waals surface area contributed by atoms with Crippen LogP contribution in [0.2, 0.25) is 5.02 Å². The van der Waals surface area contributed by atoms with Crippen molar-refractivity contribution >= 4 is 23.5 Å². The Morgan fingerprint density at radius 1 is 1.35 bits per heavy atom. The number of carbonyl (C=O) groups is 2. The van der Waals surface area contributed by atoms with Crippen LogP contribution in [0.1, 0.15) is 25.3 Å². The lowest BCUT2D eigenvalue weighted by molar-refractivity contribution is -0.154. The Morgan fingerprint density at radius 3 is 2.83 bits per heavy atom. The highest BCUT2D eigenvalue weighted by molar-refractivity contribution is 6.31. The Labute approximate surface area is 141 Å². The van der Waals surface area contributed by atoms with Crippen LogP contribution in [0.15, 0.2) is 18.2 Å². The molecule has 1 aliphatic rings. The molecular formula is C17H22ClNO4. The minimum absolute atomic E-state index is 0.146. The molecule has 0 bridgehead atoms. The van der Waals surface area contributed by atoms with Crippen molar-refractivity contribution in [3.8, 4) is 5.75 Å². The number of aryl methyl sites for hydroxylation is 1. The second kappa shape index (κ2) is 8.20. The monoisotopic (exact) mass is 339 g/mol. The molecule has 1 aromatic carbocycles. The Morgan fingerprint density at radius 2 is 2.13 bits per heavy atom. The van der Waals surface area contributed by atoms with Gasteiger partial charge in [-0.15, -0.1) is 0 Å². The third-order valence-electron chi connectivity index (χ3n) is 3.85. The van der Waals surface area contributed by atoms with E-state index in [4.69, 9.17) is 21.1 Å². The molecule has 6 heteroatoms. The highest BCUT2D eigenvalue weighted by Crippen LogP contribution is 2.21. The van der Waals surface area contributed by atoms with Gasteiger partial charge in [0, 0.05) is 18.1 Å². The SMILES string of the molecule is Cc1cc(OCC(=O)OCC(=O)N2CCCC(C)C2)ccc1Cl. The van der Waals surface area contributed by atoms with Crippen molar-refractivity contribution in [2.75, 3.05) is 26.3 Å². The molecule has 1 fully saturated rings. The van der Waals surface area contributed by atoms with Gasteiger partial charge in [0.1, 0.15) is 5.75 Å². The third kappa shape index (κ3) is 5.43. The van der Waals surface area contributed by atoms with Gasteiger partial charge in [0.25, 0.3) is 5.91 Å². The van der Waals surface area contributed by atoms with Gasteiger partial charge in [-0.2, -0.15) is 0 Å². The predicted octanol–water partition coefficient (Wildman–Crippen LogP) is 2.83. The summed E-state index contributed by atoms with van der Waals surface area (Å²) in [4.78, 5) is 25.4. The van der Waals surface area contributed by atoms with Gasteiger partial charge in [-0.25, -0.2) is 4.79 Å². The van der Waals surface area contributed by atoms with Crippen LogP contribution in [0.5, 0.6) is 5.75 Å². The average molecular weight is 340 g/mol. The van der Waals surface area contributed by atoms with E-state index in [-0.39, 0.29) is 19.1 Å². The predicted molar refractivity (Wildman–Crippen MR) is 87.6 cm³/mol. The third-order valence-corrected chi connectivity index (χ3v) is 4.28. The summed E-state index contributed by atoms with van der Waals surface area (Å²) in [5.74, 6) is 0.336. The molecule has 1 aliphatic heterocycles. The van der Waals surface area contributed by atoms with Crippen LogP contribution in [0.3, 0.4) is 0 Å². The van der Waals surface area contributed by atoms with Crippen LogP contribution in [0, 0.1) is 12.8 Å². The first kappa shape index (κ1) is 17.6. The van der Waals surface area contributed by atoms with Gasteiger partial charge in [0.2, 0.25) is 0 Å². The Balaban J connectivity index is 1.72. The number of amides is 1. The second-order valence-electron chi connectivity index (χ2n) is 5.95. The minimum Gasteiger partial charge on any atom is -0.482 e. The number of hydrogen-bond acceptors (Lipinski definition) is 4. The highest BCUT2D eigenvalue weighted by atomic mass is 35.5. The molecule has 1 aromatic rings. The summed E-state index contributed by atoms with van der Waals surface area (Å²) in [6.45, 7) is 4.98. The van der Waals surface area contributed by atoms with E-state index in [9.17, 15) is 9.59 Å². The first-order valence-electron chi connectivity index (χ1n) is 7.78. The van der Waals surface area contributed by atoms with E-state index >= 15 is 0 Å². The van der Waals surface area contributed by atoms with E-state index in [2.05, 4.69) is 6.92 Å². The molecule has 5 nitrogen and oxygen atoms in total. The Bertz CT molecular complexity index is 576. The standard InChI is InChI=1S/C17H22ClNO4/c1-12-4-3-7-19(9-12)16(20)10-23-17(21)11-22-14-5-6-15(18)13(2)8-14/h5-6,8,12H,3-4,7,9-11H2,1-2H3. The maximum atomic E-state index is 12.0. The van der Waals surface area contributed by atoms with E-state index in [0.29, 0.717) is 16.7 Å². The van der Waals surface area contributed by atoms with E-state index < -0.39 is 5.97 Å². The molecule has 23 heavy (non-hydrogen) atoms. The fraction of sp³-hybridized carbons (Fsp3) is 0.529. The van der Waals surface area contributed by atoms with Crippen LogP contribution >= 0.6 is 11.6 Å². The van der Waals surface area contributed by atoms with Gasteiger partial charge in [-0.3, -0.25) is 4.79 Å². The molecular weight excluding hydrogens is 318 g/mol. The minimum atomic E-state index is -0.559. The molecule has 0 aromatic heterocycles. The first-order chi connectivity index (χ1) is 11.0. The van der Waals surface area contributed by atoms with E-state index in [0.717, 1.165) is 31.5 Å². The van der Waals surface area contributed by atoms with Gasteiger partial charge in [-0.1, -0.05) is 18.5 Å². The molecule has 0 saturated carbocycles. The van der Waals surface area contributed by atoms with Gasteiger partial charge in [0.15, 0.2) is 13.2 Å². The zero-order valence-corrected chi connectivity index (χ0v) is 14.3. The summed E-state index contributed by atoms with van der Waals surface area (Å²) in [6.07, 6.45) is 2.14. The molecule has 1 saturated heterocycles. The summed E-state index contributed by atoms with van der Waals surface area (Å²) in [5, 5.41) is 0.640. The molecule has 0 N–H and O–H groups in total. The fourth-order valence-corrected chi connectivity index (χ4v) is 2.66. The highest BCUT2D eigenvalue weighted by Gasteiger charge is 2.21. The van der Waals surface area contributed by atoms with Crippen LogP contribution in [-0.2, 0) is 14.3 Å². The molecule has 1 heterocycles. The van der Waals surface area contributed by atoms with Crippen molar-refractivity contribution in [2.24, 2.45) is 5.92 Å². The number of ether oxygens (including phenoxy) is 2. The molecule has 2 rings (SSSR count). The van der Waals surface area contributed by atoms with Crippen LogP contribution in [0.25, 0.3) is 0 Å². The van der Waals surface area contributed by atoms with Crippen molar-refractivity contribution in [3.05, 3.63) is 28.8 Å². The number of halogens is 1. The summed E-state index contributed by atoms with van der Waals surface area (Å²) in [7, 11) is 0. The topological polar surface area (TPSA) is 55.8 Å².